The van der Waals surface area contributed by atoms with Gasteiger partial charge in [-0.1, -0.05) is 78.9 Å². The van der Waals surface area contributed by atoms with Gasteiger partial charge in [-0.25, -0.2) is 0 Å². The Morgan fingerprint density at radius 2 is 1.50 bits per heavy atom. The molecule has 1 heterocycles. The molecule has 0 fully saturated rings. The van der Waals surface area contributed by atoms with Gasteiger partial charge in [0.15, 0.2) is 6.61 Å². The Balaban J connectivity index is 1.46. The molecule has 4 rings (SSSR count). The molecule has 1 N–H and O–H groups in total. The third-order valence-electron chi connectivity index (χ3n) is 4.66. The van der Waals surface area contributed by atoms with E-state index in [-0.39, 0.29) is 12.5 Å². The van der Waals surface area contributed by atoms with Crippen molar-refractivity contribution in [2.45, 2.75) is 13.1 Å². The second-order valence-electron chi connectivity index (χ2n) is 6.93. The standard InChI is InChI=1S/C25H23N3O2/c29-24(19-30-23-14-8-3-9-15-23)26-16-22-18-28(17-20-10-4-1-5-11-20)27-25(22)21-12-6-2-7-13-21/h1-15,18H,16-17,19H2,(H,26,29). The smallest absolute Gasteiger partial charge is 0.258 e. The highest BCUT2D eigenvalue weighted by atomic mass is 16.5. The van der Waals surface area contributed by atoms with Crippen LogP contribution in [-0.4, -0.2) is 22.3 Å². The van der Waals surface area contributed by atoms with Gasteiger partial charge in [-0.2, -0.15) is 5.10 Å². The highest BCUT2D eigenvalue weighted by Crippen LogP contribution is 2.22. The number of carbonyl (C=O) groups is 1. The van der Waals surface area contributed by atoms with Crippen LogP contribution < -0.4 is 10.1 Å². The van der Waals surface area contributed by atoms with Gasteiger partial charge in [0, 0.05) is 23.9 Å². The summed E-state index contributed by atoms with van der Waals surface area (Å²) in [6, 6.07) is 29.5. The number of aromatic nitrogens is 2. The van der Waals surface area contributed by atoms with Crippen LogP contribution >= 0.6 is 0 Å². The predicted octanol–water partition coefficient (Wildman–Crippen LogP) is 4.29. The van der Waals surface area contributed by atoms with Gasteiger partial charge in [0.25, 0.3) is 5.91 Å². The second-order valence-corrected chi connectivity index (χ2v) is 6.93. The molecule has 4 aromatic rings. The van der Waals surface area contributed by atoms with Crippen LogP contribution in [0.2, 0.25) is 0 Å². The molecule has 0 aliphatic heterocycles. The molecule has 3 aromatic carbocycles. The van der Waals surface area contributed by atoms with Crippen LogP contribution in [0.25, 0.3) is 11.3 Å². The molecule has 0 aliphatic carbocycles. The fourth-order valence-corrected chi connectivity index (χ4v) is 3.19. The molecule has 0 bridgehead atoms. The number of nitrogens with zero attached hydrogens (tertiary/aromatic N) is 2. The SMILES string of the molecule is O=C(COc1ccccc1)NCc1cn(Cc2ccccc2)nc1-c1ccccc1. The summed E-state index contributed by atoms with van der Waals surface area (Å²) in [5, 5.41) is 7.72. The van der Waals surface area contributed by atoms with E-state index in [9.17, 15) is 4.79 Å². The number of benzene rings is 3. The van der Waals surface area contributed by atoms with Crippen molar-refractivity contribution in [3.8, 4) is 17.0 Å². The lowest BCUT2D eigenvalue weighted by molar-refractivity contribution is -0.123. The molecule has 1 aromatic heterocycles. The zero-order chi connectivity index (χ0) is 20.6. The number of amides is 1. The van der Waals surface area contributed by atoms with E-state index >= 15 is 0 Å². The van der Waals surface area contributed by atoms with Crippen molar-refractivity contribution in [3.05, 3.63) is 108 Å². The average Bonchev–Trinajstić information content (AvgIpc) is 3.21. The molecule has 0 unspecified atom stereocenters. The summed E-state index contributed by atoms with van der Waals surface area (Å²) >= 11 is 0. The maximum atomic E-state index is 12.3. The molecule has 0 atom stereocenters. The summed E-state index contributed by atoms with van der Waals surface area (Å²) in [5.74, 6) is 0.502. The Hall–Kier alpha value is -3.86. The highest BCUT2D eigenvalue weighted by Gasteiger charge is 2.13. The van der Waals surface area contributed by atoms with Gasteiger partial charge in [0.1, 0.15) is 5.75 Å². The molecule has 30 heavy (non-hydrogen) atoms. The quantitative estimate of drug-likeness (QED) is 0.482. The van der Waals surface area contributed by atoms with Crippen LogP contribution in [0, 0.1) is 0 Å². The van der Waals surface area contributed by atoms with Crippen LogP contribution in [0.4, 0.5) is 0 Å². The number of nitrogens with one attached hydrogen (secondary N) is 1. The largest absolute Gasteiger partial charge is 0.484 e. The lowest BCUT2D eigenvalue weighted by Crippen LogP contribution is -2.28. The summed E-state index contributed by atoms with van der Waals surface area (Å²) in [7, 11) is 0. The second kappa shape index (κ2) is 9.56. The van der Waals surface area contributed by atoms with Gasteiger partial charge < -0.3 is 10.1 Å². The summed E-state index contributed by atoms with van der Waals surface area (Å²) in [5.41, 5.74) is 4.03. The van der Waals surface area contributed by atoms with Gasteiger partial charge in [-0.15, -0.1) is 0 Å². The molecule has 5 heteroatoms. The summed E-state index contributed by atoms with van der Waals surface area (Å²) in [6.07, 6.45) is 1.99. The van der Waals surface area contributed by atoms with Crippen LogP contribution in [-0.2, 0) is 17.9 Å². The number of rotatable bonds is 8. The van der Waals surface area contributed by atoms with Crippen LogP contribution in [0.5, 0.6) is 5.75 Å². The number of carbonyl (C=O) groups excluding carboxylic acids is 1. The molecule has 5 nitrogen and oxygen atoms in total. The minimum atomic E-state index is -0.173. The monoisotopic (exact) mass is 397 g/mol. The Labute approximate surface area is 175 Å². The van der Waals surface area contributed by atoms with Crippen molar-refractivity contribution in [2.75, 3.05) is 6.61 Å². The van der Waals surface area contributed by atoms with Gasteiger partial charge in [-0.05, 0) is 17.7 Å². The van der Waals surface area contributed by atoms with E-state index in [0.29, 0.717) is 18.8 Å². The fraction of sp³-hybridized carbons (Fsp3) is 0.120. The molecular formula is C25H23N3O2. The summed E-state index contributed by atoms with van der Waals surface area (Å²) in [6.45, 7) is 1.03. The Morgan fingerprint density at radius 1 is 0.867 bits per heavy atom. The van der Waals surface area contributed by atoms with E-state index in [1.54, 1.807) is 0 Å². The van der Waals surface area contributed by atoms with E-state index in [0.717, 1.165) is 16.8 Å². The van der Waals surface area contributed by atoms with Crippen molar-refractivity contribution in [3.63, 3.8) is 0 Å². The van der Waals surface area contributed by atoms with Crippen molar-refractivity contribution in [2.24, 2.45) is 0 Å². The van der Waals surface area contributed by atoms with E-state index in [4.69, 9.17) is 9.84 Å². The molecule has 1 amide bonds. The van der Waals surface area contributed by atoms with Gasteiger partial charge in [0.2, 0.25) is 0 Å². The molecule has 0 spiro atoms. The predicted molar refractivity (Wildman–Crippen MR) is 117 cm³/mol. The lowest BCUT2D eigenvalue weighted by atomic mass is 10.1. The first-order valence-electron chi connectivity index (χ1n) is 9.88. The van der Waals surface area contributed by atoms with Crippen LogP contribution in [0.3, 0.4) is 0 Å². The van der Waals surface area contributed by atoms with Gasteiger partial charge in [0.05, 0.1) is 12.2 Å². The highest BCUT2D eigenvalue weighted by molar-refractivity contribution is 5.77. The first-order chi connectivity index (χ1) is 14.8. The first kappa shape index (κ1) is 19.5. The zero-order valence-electron chi connectivity index (χ0n) is 16.6. The Bertz CT molecular complexity index is 1080. The zero-order valence-corrected chi connectivity index (χ0v) is 16.6. The Morgan fingerprint density at radius 3 is 2.20 bits per heavy atom. The summed E-state index contributed by atoms with van der Waals surface area (Å²) in [4.78, 5) is 12.3. The maximum absolute atomic E-state index is 12.3. The third-order valence-corrected chi connectivity index (χ3v) is 4.66. The fourth-order valence-electron chi connectivity index (χ4n) is 3.19. The number of hydrogen-bond donors (Lipinski definition) is 1. The van der Waals surface area contributed by atoms with E-state index < -0.39 is 0 Å². The topological polar surface area (TPSA) is 56.1 Å². The number of para-hydroxylation sites is 1. The van der Waals surface area contributed by atoms with E-state index in [2.05, 4.69) is 17.4 Å². The first-order valence-corrected chi connectivity index (χ1v) is 9.88. The molecule has 0 saturated carbocycles. The van der Waals surface area contributed by atoms with Crippen molar-refractivity contribution >= 4 is 5.91 Å². The van der Waals surface area contributed by atoms with Gasteiger partial charge in [-0.3, -0.25) is 9.48 Å². The third kappa shape index (κ3) is 5.14. The van der Waals surface area contributed by atoms with Crippen molar-refractivity contribution < 1.29 is 9.53 Å². The van der Waals surface area contributed by atoms with E-state index in [1.807, 2.05) is 89.7 Å². The van der Waals surface area contributed by atoms with Crippen molar-refractivity contribution in [1.29, 1.82) is 0 Å². The minimum Gasteiger partial charge on any atom is -0.484 e. The van der Waals surface area contributed by atoms with Gasteiger partial charge >= 0.3 is 0 Å². The van der Waals surface area contributed by atoms with Crippen LogP contribution in [0.1, 0.15) is 11.1 Å². The molecule has 0 saturated heterocycles. The molecular weight excluding hydrogens is 374 g/mol. The Kier molecular flexibility index (Phi) is 6.20. The maximum Gasteiger partial charge on any atom is 0.258 e. The molecule has 0 aliphatic rings. The average molecular weight is 397 g/mol. The van der Waals surface area contributed by atoms with Crippen molar-refractivity contribution in [1.82, 2.24) is 15.1 Å². The molecule has 0 radical (unpaired) electrons. The number of ether oxygens (including phenoxy) is 1. The minimum absolute atomic E-state index is 0.0250. The normalized spacial score (nSPS) is 10.5. The van der Waals surface area contributed by atoms with E-state index in [1.165, 1.54) is 5.56 Å². The van der Waals surface area contributed by atoms with Crippen LogP contribution in [0.15, 0.2) is 97.2 Å². The summed E-state index contributed by atoms with van der Waals surface area (Å²) < 4.78 is 7.44. The lowest BCUT2D eigenvalue weighted by Gasteiger charge is -2.07. The number of hydrogen-bond acceptors (Lipinski definition) is 3. The molecule has 150 valence electrons.